The van der Waals surface area contributed by atoms with Gasteiger partial charge in [-0.3, -0.25) is 0 Å². The van der Waals surface area contributed by atoms with Crippen LogP contribution in [0.1, 0.15) is 18.1 Å². The summed E-state index contributed by atoms with van der Waals surface area (Å²) in [6.07, 6.45) is 0. The average Bonchev–Trinajstić information content (AvgIpc) is 2.47. The lowest BCUT2D eigenvalue weighted by atomic mass is 9.87. The minimum absolute atomic E-state index is 0.908. The van der Waals surface area contributed by atoms with Crippen molar-refractivity contribution < 1.29 is 5.11 Å². The van der Waals surface area contributed by atoms with Crippen molar-refractivity contribution >= 4 is 10.8 Å². The number of benzene rings is 3. The molecule has 3 aromatic rings. The number of hydrogen-bond acceptors (Lipinski definition) is 1. The summed E-state index contributed by atoms with van der Waals surface area (Å²) >= 11 is 0. The van der Waals surface area contributed by atoms with Crippen LogP contribution in [-0.2, 0) is 5.60 Å². The van der Waals surface area contributed by atoms with E-state index in [0.29, 0.717) is 0 Å². The van der Waals surface area contributed by atoms with Gasteiger partial charge in [0.1, 0.15) is 5.60 Å². The quantitative estimate of drug-likeness (QED) is 0.724. The third kappa shape index (κ3) is 2.13. The molecule has 3 rings (SSSR count). The average molecular weight is 248 g/mol. The van der Waals surface area contributed by atoms with Gasteiger partial charge in [0.2, 0.25) is 0 Å². The van der Waals surface area contributed by atoms with E-state index in [1.165, 1.54) is 5.39 Å². The van der Waals surface area contributed by atoms with E-state index in [1.54, 1.807) is 0 Å². The van der Waals surface area contributed by atoms with Crippen molar-refractivity contribution in [2.24, 2.45) is 0 Å². The molecule has 1 nitrogen and oxygen atoms in total. The molecule has 1 heteroatoms. The first-order valence-electron chi connectivity index (χ1n) is 6.45. The second-order valence-electron chi connectivity index (χ2n) is 5.00. The standard InChI is InChI=1S/C18H16O/c1-18(19,16-9-3-2-4-10-16)17-12-11-14-7-5-6-8-15(14)13-17/h2-13,19H,1H3. The Morgan fingerprint density at radius 1 is 0.684 bits per heavy atom. The van der Waals surface area contributed by atoms with Gasteiger partial charge in [0.25, 0.3) is 0 Å². The van der Waals surface area contributed by atoms with Crippen molar-refractivity contribution in [1.29, 1.82) is 0 Å². The third-order valence-corrected chi connectivity index (χ3v) is 3.65. The monoisotopic (exact) mass is 248 g/mol. The van der Waals surface area contributed by atoms with Crippen molar-refractivity contribution in [2.45, 2.75) is 12.5 Å². The Balaban J connectivity index is 2.13. The van der Waals surface area contributed by atoms with E-state index >= 15 is 0 Å². The Labute approximate surface area is 113 Å². The van der Waals surface area contributed by atoms with E-state index in [9.17, 15) is 5.11 Å². The normalized spacial score (nSPS) is 14.2. The third-order valence-electron chi connectivity index (χ3n) is 3.65. The minimum atomic E-state index is -0.967. The van der Waals surface area contributed by atoms with Gasteiger partial charge in [-0.1, -0.05) is 66.7 Å². The molecule has 0 heterocycles. The van der Waals surface area contributed by atoms with Gasteiger partial charge in [-0.05, 0) is 34.9 Å². The van der Waals surface area contributed by atoms with E-state index in [4.69, 9.17) is 0 Å². The highest BCUT2D eigenvalue weighted by Gasteiger charge is 2.25. The molecule has 0 aliphatic heterocycles. The fourth-order valence-electron chi connectivity index (χ4n) is 2.42. The van der Waals surface area contributed by atoms with Crippen LogP contribution in [0.4, 0.5) is 0 Å². The van der Waals surface area contributed by atoms with E-state index < -0.39 is 5.60 Å². The number of aliphatic hydroxyl groups is 1. The van der Waals surface area contributed by atoms with Crippen molar-refractivity contribution in [3.63, 3.8) is 0 Å². The zero-order valence-electron chi connectivity index (χ0n) is 10.9. The lowest BCUT2D eigenvalue weighted by Crippen LogP contribution is -2.22. The van der Waals surface area contributed by atoms with Crippen LogP contribution >= 0.6 is 0 Å². The highest BCUT2D eigenvalue weighted by Crippen LogP contribution is 2.30. The fourth-order valence-corrected chi connectivity index (χ4v) is 2.42. The maximum Gasteiger partial charge on any atom is 0.112 e. The SMILES string of the molecule is CC(O)(c1ccccc1)c1ccc2ccccc2c1. The molecule has 0 amide bonds. The van der Waals surface area contributed by atoms with Crippen molar-refractivity contribution in [3.8, 4) is 0 Å². The fraction of sp³-hybridized carbons (Fsp3) is 0.111. The lowest BCUT2D eigenvalue weighted by Gasteiger charge is -2.25. The predicted molar refractivity (Wildman–Crippen MR) is 79.1 cm³/mol. The second-order valence-corrected chi connectivity index (χ2v) is 5.00. The van der Waals surface area contributed by atoms with Crippen LogP contribution in [0.2, 0.25) is 0 Å². The number of fused-ring (bicyclic) bond motifs is 1. The maximum atomic E-state index is 10.8. The Hall–Kier alpha value is -2.12. The van der Waals surface area contributed by atoms with Crippen molar-refractivity contribution in [2.75, 3.05) is 0 Å². The molecule has 0 saturated carbocycles. The molecule has 0 saturated heterocycles. The van der Waals surface area contributed by atoms with Gasteiger partial charge in [-0.2, -0.15) is 0 Å². The molecule has 0 aromatic heterocycles. The number of hydrogen-bond donors (Lipinski definition) is 1. The lowest BCUT2D eigenvalue weighted by molar-refractivity contribution is 0.102. The van der Waals surface area contributed by atoms with Crippen molar-refractivity contribution in [3.05, 3.63) is 83.9 Å². The summed E-state index contributed by atoms with van der Waals surface area (Å²) in [5.74, 6) is 0. The maximum absolute atomic E-state index is 10.8. The molecule has 0 bridgehead atoms. The Morgan fingerprint density at radius 3 is 2.05 bits per heavy atom. The summed E-state index contributed by atoms with van der Waals surface area (Å²) in [6, 6.07) is 24.1. The van der Waals surface area contributed by atoms with Gasteiger partial charge in [0, 0.05) is 0 Å². The van der Waals surface area contributed by atoms with Crippen LogP contribution in [0, 0.1) is 0 Å². The summed E-state index contributed by atoms with van der Waals surface area (Å²) in [5.41, 5.74) is 0.855. The zero-order valence-corrected chi connectivity index (χ0v) is 10.9. The molecule has 0 aliphatic carbocycles. The molecular formula is C18H16O. The van der Waals surface area contributed by atoms with Crippen LogP contribution < -0.4 is 0 Å². The molecule has 19 heavy (non-hydrogen) atoms. The van der Waals surface area contributed by atoms with Gasteiger partial charge < -0.3 is 5.11 Å². The summed E-state index contributed by atoms with van der Waals surface area (Å²) < 4.78 is 0. The molecule has 0 aliphatic rings. The van der Waals surface area contributed by atoms with Gasteiger partial charge in [0.05, 0.1) is 0 Å². The van der Waals surface area contributed by atoms with Crippen LogP contribution in [-0.4, -0.2) is 5.11 Å². The van der Waals surface area contributed by atoms with Crippen LogP contribution in [0.15, 0.2) is 72.8 Å². The summed E-state index contributed by atoms with van der Waals surface area (Å²) in [7, 11) is 0. The van der Waals surface area contributed by atoms with E-state index in [1.807, 2.05) is 55.5 Å². The molecule has 1 unspecified atom stereocenters. The number of rotatable bonds is 2. The van der Waals surface area contributed by atoms with Crippen LogP contribution in [0.5, 0.6) is 0 Å². The highest BCUT2D eigenvalue weighted by atomic mass is 16.3. The first kappa shape index (κ1) is 11.9. The van der Waals surface area contributed by atoms with E-state index in [-0.39, 0.29) is 0 Å². The zero-order chi connectivity index (χ0) is 13.3. The molecule has 3 aromatic carbocycles. The van der Waals surface area contributed by atoms with Gasteiger partial charge in [-0.25, -0.2) is 0 Å². The Kier molecular flexibility index (Phi) is 2.84. The van der Waals surface area contributed by atoms with E-state index in [0.717, 1.165) is 16.5 Å². The molecule has 0 spiro atoms. The van der Waals surface area contributed by atoms with Crippen molar-refractivity contribution in [1.82, 2.24) is 0 Å². The predicted octanol–water partition coefficient (Wildman–Crippen LogP) is 4.10. The summed E-state index contributed by atoms with van der Waals surface area (Å²) in [4.78, 5) is 0. The van der Waals surface area contributed by atoms with Gasteiger partial charge in [-0.15, -0.1) is 0 Å². The largest absolute Gasteiger partial charge is 0.381 e. The minimum Gasteiger partial charge on any atom is -0.381 e. The smallest absolute Gasteiger partial charge is 0.112 e. The topological polar surface area (TPSA) is 20.2 Å². The van der Waals surface area contributed by atoms with Crippen LogP contribution in [0.3, 0.4) is 0 Å². The molecule has 0 fully saturated rings. The van der Waals surface area contributed by atoms with Gasteiger partial charge >= 0.3 is 0 Å². The molecular weight excluding hydrogens is 232 g/mol. The summed E-state index contributed by atoms with van der Waals surface area (Å²) in [5, 5.41) is 13.2. The molecule has 0 radical (unpaired) electrons. The second kappa shape index (κ2) is 4.52. The highest BCUT2D eigenvalue weighted by molar-refractivity contribution is 5.83. The van der Waals surface area contributed by atoms with Crippen LogP contribution in [0.25, 0.3) is 10.8 Å². The Bertz CT molecular complexity index is 699. The molecule has 1 atom stereocenters. The Morgan fingerprint density at radius 2 is 1.32 bits per heavy atom. The first-order chi connectivity index (χ1) is 9.18. The van der Waals surface area contributed by atoms with E-state index in [2.05, 4.69) is 24.3 Å². The molecule has 94 valence electrons. The van der Waals surface area contributed by atoms with Gasteiger partial charge in [0.15, 0.2) is 0 Å². The first-order valence-corrected chi connectivity index (χ1v) is 6.45. The molecule has 1 N–H and O–H groups in total. The summed E-state index contributed by atoms with van der Waals surface area (Å²) in [6.45, 7) is 1.84.